The van der Waals surface area contributed by atoms with E-state index in [-0.39, 0.29) is 6.10 Å². The van der Waals surface area contributed by atoms with E-state index in [4.69, 9.17) is 15.2 Å². The quantitative estimate of drug-likeness (QED) is 0.882. The molecule has 0 saturated carbocycles. The van der Waals surface area contributed by atoms with Gasteiger partial charge in [0.2, 0.25) is 0 Å². The molecule has 0 aliphatic carbocycles. The third-order valence-electron chi connectivity index (χ3n) is 3.06. The summed E-state index contributed by atoms with van der Waals surface area (Å²) in [4.78, 5) is 0. The lowest BCUT2D eigenvalue weighted by molar-refractivity contribution is 0.148. The van der Waals surface area contributed by atoms with Crippen LogP contribution in [0.5, 0.6) is 11.5 Å². The molecule has 2 aromatic rings. The van der Waals surface area contributed by atoms with Gasteiger partial charge in [0.1, 0.15) is 24.2 Å². The molecule has 3 nitrogen and oxygen atoms in total. The summed E-state index contributed by atoms with van der Waals surface area (Å²) in [7, 11) is 0. The Kier molecular flexibility index (Phi) is 3.34. The molecule has 0 bridgehead atoms. The summed E-state index contributed by atoms with van der Waals surface area (Å²) in [6.07, 6.45) is 0.933. The van der Waals surface area contributed by atoms with Crippen molar-refractivity contribution in [3.8, 4) is 11.5 Å². The maximum absolute atomic E-state index is 5.84. The lowest BCUT2D eigenvalue weighted by Crippen LogP contribution is -2.22. The first kappa shape index (κ1) is 12.4. The number of hydrogen-bond donors (Lipinski definition) is 1. The van der Waals surface area contributed by atoms with Gasteiger partial charge in [-0.1, -0.05) is 22.0 Å². The third-order valence-corrected chi connectivity index (χ3v) is 3.55. The molecule has 0 spiro atoms. The predicted molar refractivity (Wildman–Crippen MR) is 78.6 cm³/mol. The summed E-state index contributed by atoms with van der Waals surface area (Å²) in [5.41, 5.74) is 7.64. The number of nitrogen functional groups attached to an aromatic ring is 1. The van der Waals surface area contributed by atoms with Crippen LogP contribution in [0.4, 0.5) is 5.69 Å². The zero-order valence-corrected chi connectivity index (χ0v) is 11.9. The number of anilines is 1. The van der Waals surface area contributed by atoms with Crippen LogP contribution in [-0.4, -0.2) is 12.7 Å². The number of halogens is 1. The van der Waals surface area contributed by atoms with E-state index in [0.717, 1.165) is 22.4 Å². The highest BCUT2D eigenvalue weighted by atomic mass is 79.9. The molecule has 19 heavy (non-hydrogen) atoms. The predicted octanol–water partition coefficient (Wildman–Crippen LogP) is 3.41. The monoisotopic (exact) mass is 319 g/mol. The molecule has 2 N–H and O–H groups in total. The highest BCUT2D eigenvalue weighted by Crippen LogP contribution is 2.31. The van der Waals surface area contributed by atoms with Crippen LogP contribution in [0, 0.1) is 0 Å². The Morgan fingerprint density at radius 1 is 1.26 bits per heavy atom. The van der Waals surface area contributed by atoms with Crippen molar-refractivity contribution in [3.63, 3.8) is 0 Å². The van der Waals surface area contributed by atoms with E-state index in [9.17, 15) is 0 Å². The minimum absolute atomic E-state index is 0.0609. The lowest BCUT2D eigenvalue weighted by atomic mass is 10.1. The van der Waals surface area contributed by atoms with Crippen LogP contribution in [0.2, 0.25) is 0 Å². The molecule has 0 amide bonds. The van der Waals surface area contributed by atoms with Crippen LogP contribution in [0.15, 0.2) is 46.9 Å². The van der Waals surface area contributed by atoms with Gasteiger partial charge in [-0.2, -0.15) is 0 Å². The molecule has 98 valence electrons. The first-order valence-electron chi connectivity index (χ1n) is 6.14. The van der Waals surface area contributed by atoms with E-state index < -0.39 is 0 Å². The lowest BCUT2D eigenvalue weighted by Gasteiger charge is -2.12. The fraction of sp³-hybridized carbons (Fsp3) is 0.200. The van der Waals surface area contributed by atoms with E-state index in [1.54, 1.807) is 0 Å². The van der Waals surface area contributed by atoms with Crippen molar-refractivity contribution >= 4 is 21.6 Å². The van der Waals surface area contributed by atoms with Gasteiger partial charge < -0.3 is 15.2 Å². The fourth-order valence-corrected chi connectivity index (χ4v) is 2.58. The van der Waals surface area contributed by atoms with Gasteiger partial charge in [-0.25, -0.2) is 0 Å². The molecule has 4 heteroatoms. The number of fused-ring (bicyclic) bond motifs is 1. The topological polar surface area (TPSA) is 44.5 Å². The number of ether oxygens (including phenoxy) is 2. The molecule has 1 aliphatic rings. The summed E-state index contributed by atoms with van der Waals surface area (Å²) >= 11 is 3.47. The maximum Gasteiger partial charge on any atom is 0.137 e. The van der Waals surface area contributed by atoms with Gasteiger partial charge in [-0.15, -0.1) is 0 Å². The van der Waals surface area contributed by atoms with Gasteiger partial charge in [-0.05, 0) is 35.9 Å². The summed E-state index contributed by atoms with van der Waals surface area (Å²) in [6, 6.07) is 13.5. The summed E-state index contributed by atoms with van der Waals surface area (Å²) in [6.45, 7) is 0.524. The minimum Gasteiger partial charge on any atom is -0.490 e. The van der Waals surface area contributed by atoms with Crippen molar-refractivity contribution < 1.29 is 9.47 Å². The van der Waals surface area contributed by atoms with Crippen molar-refractivity contribution in [2.24, 2.45) is 0 Å². The molecule has 3 rings (SSSR count). The average Bonchev–Trinajstić information content (AvgIpc) is 2.78. The van der Waals surface area contributed by atoms with Crippen LogP contribution < -0.4 is 15.2 Å². The minimum atomic E-state index is 0.0609. The van der Waals surface area contributed by atoms with E-state index in [1.165, 1.54) is 5.56 Å². The molecular weight excluding hydrogens is 306 g/mol. The molecule has 1 heterocycles. The van der Waals surface area contributed by atoms with E-state index in [2.05, 4.69) is 22.0 Å². The van der Waals surface area contributed by atoms with Gasteiger partial charge >= 0.3 is 0 Å². The normalized spacial score (nSPS) is 16.8. The van der Waals surface area contributed by atoms with Crippen LogP contribution in [0.1, 0.15) is 5.56 Å². The van der Waals surface area contributed by atoms with Crippen LogP contribution >= 0.6 is 15.9 Å². The van der Waals surface area contributed by atoms with Crippen molar-refractivity contribution in [1.82, 2.24) is 0 Å². The Hall–Kier alpha value is -1.68. The van der Waals surface area contributed by atoms with Crippen LogP contribution in [-0.2, 0) is 6.42 Å². The second kappa shape index (κ2) is 5.13. The van der Waals surface area contributed by atoms with Crippen molar-refractivity contribution in [2.75, 3.05) is 12.3 Å². The highest BCUT2D eigenvalue weighted by molar-refractivity contribution is 9.10. The van der Waals surface area contributed by atoms with Crippen molar-refractivity contribution in [2.45, 2.75) is 12.5 Å². The molecule has 0 saturated heterocycles. The first-order valence-corrected chi connectivity index (χ1v) is 6.93. The summed E-state index contributed by atoms with van der Waals surface area (Å²) in [5.74, 6) is 1.73. The first-order chi connectivity index (χ1) is 9.20. The van der Waals surface area contributed by atoms with Crippen molar-refractivity contribution in [3.05, 3.63) is 52.5 Å². The Labute approximate surface area is 120 Å². The number of nitrogens with two attached hydrogens (primary N) is 1. The average molecular weight is 320 g/mol. The molecule has 1 aliphatic heterocycles. The van der Waals surface area contributed by atoms with Gasteiger partial charge in [0.15, 0.2) is 0 Å². The SMILES string of the molecule is Nc1cccc(OCC2Cc3cc(Br)ccc3O2)c1. The summed E-state index contributed by atoms with van der Waals surface area (Å²) < 4.78 is 12.6. The van der Waals surface area contributed by atoms with E-state index >= 15 is 0 Å². The Bertz CT molecular complexity index is 600. The molecule has 1 unspecified atom stereocenters. The van der Waals surface area contributed by atoms with Crippen LogP contribution in [0.25, 0.3) is 0 Å². The second-order valence-electron chi connectivity index (χ2n) is 4.58. The van der Waals surface area contributed by atoms with Gasteiger partial charge in [0.05, 0.1) is 0 Å². The Balaban J connectivity index is 1.62. The zero-order chi connectivity index (χ0) is 13.2. The highest BCUT2D eigenvalue weighted by Gasteiger charge is 2.23. The van der Waals surface area contributed by atoms with Crippen molar-refractivity contribution in [1.29, 1.82) is 0 Å². The number of rotatable bonds is 3. The van der Waals surface area contributed by atoms with Gasteiger partial charge in [0.25, 0.3) is 0 Å². The molecule has 0 aromatic heterocycles. The smallest absolute Gasteiger partial charge is 0.137 e. The third kappa shape index (κ3) is 2.84. The fourth-order valence-electron chi connectivity index (χ4n) is 2.18. The number of benzene rings is 2. The maximum atomic E-state index is 5.84. The Morgan fingerprint density at radius 3 is 3.00 bits per heavy atom. The number of hydrogen-bond acceptors (Lipinski definition) is 3. The molecular formula is C15H14BrNO2. The Morgan fingerprint density at radius 2 is 2.16 bits per heavy atom. The van der Waals surface area contributed by atoms with E-state index in [1.807, 2.05) is 36.4 Å². The second-order valence-corrected chi connectivity index (χ2v) is 5.50. The molecule has 2 aromatic carbocycles. The standard InChI is InChI=1S/C15H14BrNO2/c16-11-4-5-15-10(6-11)7-14(19-15)9-18-13-3-1-2-12(17)8-13/h1-6,8,14H,7,9,17H2. The van der Waals surface area contributed by atoms with Gasteiger partial charge in [-0.3, -0.25) is 0 Å². The van der Waals surface area contributed by atoms with E-state index in [0.29, 0.717) is 12.3 Å². The zero-order valence-electron chi connectivity index (χ0n) is 10.3. The summed E-state index contributed by atoms with van der Waals surface area (Å²) in [5, 5.41) is 0. The molecule has 0 fully saturated rings. The molecule has 0 radical (unpaired) electrons. The van der Waals surface area contributed by atoms with Gasteiger partial charge in [0, 0.05) is 22.6 Å². The molecule has 1 atom stereocenters. The largest absolute Gasteiger partial charge is 0.490 e. The van der Waals surface area contributed by atoms with Crippen LogP contribution in [0.3, 0.4) is 0 Å².